The van der Waals surface area contributed by atoms with Gasteiger partial charge >= 0.3 is 0 Å². The molecule has 3 aromatic carbocycles. The quantitative estimate of drug-likeness (QED) is 0.203. The van der Waals surface area contributed by atoms with Crippen LogP contribution in [-0.2, 0) is 9.59 Å². The van der Waals surface area contributed by atoms with Crippen molar-refractivity contribution in [3.63, 3.8) is 0 Å². The first-order chi connectivity index (χ1) is 17.0. The normalized spacial score (nSPS) is 13.5. The van der Waals surface area contributed by atoms with Crippen LogP contribution in [-0.4, -0.2) is 30.6 Å². The molecule has 0 bridgehead atoms. The molecule has 0 radical (unpaired) electrons. The van der Waals surface area contributed by atoms with Crippen molar-refractivity contribution in [3.8, 4) is 23.8 Å². The summed E-state index contributed by atoms with van der Waals surface area (Å²) in [6.45, 7) is 0.00298. The van der Waals surface area contributed by atoms with Crippen molar-refractivity contribution in [1.29, 1.82) is 0 Å². The number of nitrogens with zero attached hydrogens (tertiary/aromatic N) is 2. The molecule has 1 heterocycles. The third-order valence-electron chi connectivity index (χ3n) is 5.14. The van der Waals surface area contributed by atoms with Crippen LogP contribution in [0.25, 0.3) is 6.08 Å². The molecule has 1 aliphatic rings. The van der Waals surface area contributed by atoms with Crippen molar-refractivity contribution in [3.05, 3.63) is 89.0 Å². The highest BCUT2D eigenvalue weighted by Gasteiger charge is 2.41. The van der Waals surface area contributed by atoms with E-state index in [1.165, 1.54) is 23.0 Å². The molecule has 0 atom stereocenters. The number of halogens is 1. The number of hydrogen-bond donors (Lipinski definition) is 0. The van der Waals surface area contributed by atoms with Crippen molar-refractivity contribution >= 4 is 58.2 Å². The number of rotatable bonds is 6. The molecule has 35 heavy (non-hydrogen) atoms. The van der Waals surface area contributed by atoms with Gasteiger partial charge in [-0.1, -0.05) is 53.9 Å². The van der Waals surface area contributed by atoms with Gasteiger partial charge in [-0.2, -0.15) is 0 Å². The predicted octanol–water partition coefficient (Wildman–Crippen LogP) is 5.11. The summed E-state index contributed by atoms with van der Waals surface area (Å²) in [6.07, 6.45) is 6.73. The van der Waals surface area contributed by atoms with Crippen LogP contribution in [0.3, 0.4) is 0 Å². The number of methoxy groups -OCH3 is 1. The summed E-state index contributed by atoms with van der Waals surface area (Å²) in [5.74, 6) is 1.84. The molecular weight excluding hydrogens is 484 g/mol. The van der Waals surface area contributed by atoms with Crippen LogP contribution in [0.4, 0.5) is 11.4 Å². The van der Waals surface area contributed by atoms with Gasteiger partial charge in [0.15, 0.2) is 16.6 Å². The van der Waals surface area contributed by atoms with Gasteiger partial charge in [0.2, 0.25) is 0 Å². The van der Waals surface area contributed by atoms with Crippen LogP contribution < -0.4 is 19.3 Å². The molecule has 0 N–H and O–H groups in total. The van der Waals surface area contributed by atoms with E-state index in [9.17, 15) is 9.59 Å². The Morgan fingerprint density at radius 1 is 0.971 bits per heavy atom. The predicted molar refractivity (Wildman–Crippen MR) is 141 cm³/mol. The van der Waals surface area contributed by atoms with Gasteiger partial charge in [-0.3, -0.25) is 19.4 Å². The fourth-order valence-corrected chi connectivity index (χ4v) is 4.23. The van der Waals surface area contributed by atoms with Gasteiger partial charge in [-0.05, 0) is 60.3 Å². The zero-order chi connectivity index (χ0) is 24.9. The van der Waals surface area contributed by atoms with Crippen LogP contribution >= 0.6 is 23.8 Å². The van der Waals surface area contributed by atoms with E-state index in [0.29, 0.717) is 22.7 Å². The Kier molecular flexibility index (Phi) is 7.16. The van der Waals surface area contributed by atoms with Crippen LogP contribution in [0, 0.1) is 12.3 Å². The number of carbonyl (C=O) groups excluding carboxylic acids is 2. The van der Waals surface area contributed by atoms with Gasteiger partial charge in [0.25, 0.3) is 11.8 Å². The Morgan fingerprint density at radius 3 is 2.00 bits per heavy atom. The number of ether oxygens (including phenoxy) is 2. The molecule has 1 aliphatic heterocycles. The van der Waals surface area contributed by atoms with Crippen LogP contribution in [0.2, 0.25) is 5.02 Å². The summed E-state index contributed by atoms with van der Waals surface area (Å²) in [4.78, 5) is 29.8. The van der Waals surface area contributed by atoms with Crippen LogP contribution in [0.15, 0.2) is 78.4 Å². The zero-order valence-electron chi connectivity index (χ0n) is 18.6. The van der Waals surface area contributed by atoms with E-state index in [-0.39, 0.29) is 28.1 Å². The molecule has 1 fully saturated rings. The summed E-state index contributed by atoms with van der Waals surface area (Å²) in [5.41, 5.74) is 1.44. The van der Waals surface area contributed by atoms with Gasteiger partial charge in [0, 0.05) is 0 Å². The molecule has 6 nitrogen and oxygen atoms in total. The lowest BCUT2D eigenvalue weighted by atomic mass is 10.0. The van der Waals surface area contributed by atoms with Crippen molar-refractivity contribution in [2.75, 3.05) is 23.5 Å². The number of terminal acetylenes is 1. The standard InChI is InChI=1S/C27H19ClN2O4S/c1-3-14-34-24-22(28)16-18(17-23(24)33-2)15-21-25(31)29(19-10-6-4-7-11-19)27(35)30(26(21)32)20-12-8-5-9-13-20/h1,4-13,15-17H,14H2,2H3. The lowest BCUT2D eigenvalue weighted by Gasteiger charge is -2.36. The Labute approximate surface area is 213 Å². The van der Waals surface area contributed by atoms with Gasteiger partial charge in [0.1, 0.15) is 12.2 Å². The highest BCUT2D eigenvalue weighted by Crippen LogP contribution is 2.38. The maximum atomic E-state index is 13.6. The second-order valence-corrected chi connectivity index (χ2v) is 8.09. The number of benzene rings is 3. The van der Waals surface area contributed by atoms with E-state index < -0.39 is 11.8 Å². The summed E-state index contributed by atoms with van der Waals surface area (Å²) < 4.78 is 10.9. The number of anilines is 2. The fraction of sp³-hybridized carbons (Fsp3) is 0.0741. The summed E-state index contributed by atoms with van der Waals surface area (Å²) in [7, 11) is 1.45. The van der Waals surface area contributed by atoms with Crippen molar-refractivity contribution in [2.45, 2.75) is 0 Å². The summed E-state index contributed by atoms with van der Waals surface area (Å²) in [6, 6.07) is 21.0. The molecule has 0 aromatic heterocycles. The Balaban J connectivity index is 1.85. The topological polar surface area (TPSA) is 59.1 Å². The molecule has 2 amide bonds. The average Bonchev–Trinajstić information content (AvgIpc) is 2.87. The minimum atomic E-state index is -0.555. The van der Waals surface area contributed by atoms with Crippen molar-refractivity contribution in [1.82, 2.24) is 0 Å². The Morgan fingerprint density at radius 2 is 1.51 bits per heavy atom. The number of para-hydroxylation sites is 2. The average molecular weight is 503 g/mol. The number of hydrogen-bond acceptors (Lipinski definition) is 5. The van der Waals surface area contributed by atoms with E-state index in [4.69, 9.17) is 39.7 Å². The molecular formula is C27H19ClN2O4S. The second-order valence-electron chi connectivity index (χ2n) is 7.32. The lowest BCUT2D eigenvalue weighted by molar-refractivity contribution is -0.120. The first kappa shape index (κ1) is 24.0. The second kappa shape index (κ2) is 10.4. The smallest absolute Gasteiger partial charge is 0.270 e. The lowest BCUT2D eigenvalue weighted by Crippen LogP contribution is -2.56. The third kappa shape index (κ3) is 4.76. The molecule has 8 heteroatoms. The van der Waals surface area contributed by atoms with Gasteiger partial charge in [-0.15, -0.1) is 6.42 Å². The van der Waals surface area contributed by atoms with E-state index in [1.54, 1.807) is 60.7 Å². The maximum absolute atomic E-state index is 13.6. The van der Waals surface area contributed by atoms with Crippen molar-refractivity contribution in [2.24, 2.45) is 0 Å². The number of thiocarbonyl (C=S) groups is 1. The fourth-order valence-electron chi connectivity index (χ4n) is 3.58. The largest absolute Gasteiger partial charge is 0.493 e. The third-order valence-corrected chi connectivity index (χ3v) is 5.79. The van der Waals surface area contributed by atoms with E-state index in [2.05, 4.69) is 5.92 Å². The van der Waals surface area contributed by atoms with Gasteiger partial charge in [0.05, 0.1) is 23.5 Å². The summed E-state index contributed by atoms with van der Waals surface area (Å²) in [5, 5.41) is 0.278. The molecule has 3 aromatic rings. The number of amides is 2. The number of carbonyl (C=O) groups is 2. The Hall–Kier alpha value is -4.12. The highest BCUT2D eigenvalue weighted by molar-refractivity contribution is 7.81. The van der Waals surface area contributed by atoms with Crippen LogP contribution in [0.5, 0.6) is 11.5 Å². The zero-order valence-corrected chi connectivity index (χ0v) is 20.2. The van der Waals surface area contributed by atoms with Crippen molar-refractivity contribution < 1.29 is 19.1 Å². The molecule has 174 valence electrons. The molecule has 0 saturated carbocycles. The first-order valence-electron chi connectivity index (χ1n) is 10.4. The van der Waals surface area contributed by atoms with Gasteiger partial charge < -0.3 is 9.47 Å². The molecule has 4 rings (SSSR count). The maximum Gasteiger partial charge on any atom is 0.270 e. The first-order valence-corrected chi connectivity index (χ1v) is 11.2. The van der Waals surface area contributed by atoms with E-state index in [0.717, 1.165) is 0 Å². The van der Waals surface area contributed by atoms with E-state index >= 15 is 0 Å². The molecule has 0 unspecified atom stereocenters. The SMILES string of the molecule is C#CCOc1c(Cl)cc(C=C2C(=O)N(c3ccccc3)C(=S)N(c3ccccc3)C2=O)cc1OC. The molecule has 0 aliphatic carbocycles. The Bertz CT molecular complexity index is 1300. The van der Waals surface area contributed by atoms with Gasteiger partial charge in [-0.25, -0.2) is 0 Å². The van der Waals surface area contributed by atoms with E-state index in [1.807, 2.05) is 12.1 Å². The van der Waals surface area contributed by atoms with Crippen LogP contribution in [0.1, 0.15) is 5.56 Å². The molecule has 1 saturated heterocycles. The highest BCUT2D eigenvalue weighted by atomic mass is 35.5. The minimum absolute atomic E-state index is 0.00298. The summed E-state index contributed by atoms with van der Waals surface area (Å²) >= 11 is 12.0. The minimum Gasteiger partial charge on any atom is -0.493 e. The molecule has 0 spiro atoms. The monoisotopic (exact) mass is 502 g/mol.